The van der Waals surface area contributed by atoms with Gasteiger partial charge in [-0.3, -0.25) is 4.90 Å². The van der Waals surface area contributed by atoms with E-state index in [1.54, 1.807) is 36.3 Å². The second kappa shape index (κ2) is 7.70. The average molecular weight is 295 g/mol. The van der Waals surface area contributed by atoms with Gasteiger partial charge in [-0.25, -0.2) is 4.79 Å². The summed E-state index contributed by atoms with van der Waals surface area (Å²) in [5.41, 5.74) is 1.42. The molecule has 0 unspecified atom stereocenters. The van der Waals surface area contributed by atoms with Crippen molar-refractivity contribution >= 4 is 17.4 Å². The van der Waals surface area contributed by atoms with E-state index in [2.05, 4.69) is 11.4 Å². The molecule has 0 aliphatic rings. The largest absolute Gasteiger partial charge is 0.497 e. The van der Waals surface area contributed by atoms with Crippen LogP contribution in [-0.2, 0) is 0 Å². The van der Waals surface area contributed by atoms with Crippen molar-refractivity contribution in [3.8, 4) is 11.8 Å². The van der Waals surface area contributed by atoms with Gasteiger partial charge in [0.25, 0.3) is 0 Å². The Kier molecular flexibility index (Phi) is 5.38. The van der Waals surface area contributed by atoms with Gasteiger partial charge in [-0.1, -0.05) is 18.2 Å². The molecule has 0 bridgehead atoms. The van der Waals surface area contributed by atoms with E-state index in [0.29, 0.717) is 12.2 Å². The topological polar surface area (TPSA) is 65.4 Å². The van der Waals surface area contributed by atoms with Gasteiger partial charge in [-0.15, -0.1) is 0 Å². The molecule has 2 aromatic carbocycles. The molecule has 0 aliphatic carbocycles. The third-order valence-corrected chi connectivity index (χ3v) is 3.10. The Morgan fingerprint density at radius 1 is 1.18 bits per heavy atom. The molecule has 2 amide bonds. The molecule has 0 aromatic heterocycles. The lowest BCUT2D eigenvalue weighted by molar-refractivity contribution is 0.257. The fourth-order valence-corrected chi connectivity index (χ4v) is 1.98. The van der Waals surface area contributed by atoms with E-state index < -0.39 is 0 Å². The van der Waals surface area contributed by atoms with E-state index in [1.807, 2.05) is 30.3 Å². The Hall–Kier alpha value is -3.00. The summed E-state index contributed by atoms with van der Waals surface area (Å²) in [5.74, 6) is 0.724. The summed E-state index contributed by atoms with van der Waals surface area (Å²) < 4.78 is 5.08. The van der Waals surface area contributed by atoms with Crippen LogP contribution < -0.4 is 15.0 Å². The molecule has 0 saturated carbocycles. The van der Waals surface area contributed by atoms with Gasteiger partial charge >= 0.3 is 6.03 Å². The number of hydrogen-bond acceptors (Lipinski definition) is 3. The zero-order valence-electron chi connectivity index (χ0n) is 12.3. The van der Waals surface area contributed by atoms with E-state index in [4.69, 9.17) is 10.00 Å². The highest BCUT2D eigenvalue weighted by Gasteiger charge is 2.15. The number of anilines is 2. The first-order valence-corrected chi connectivity index (χ1v) is 6.89. The maximum absolute atomic E-state index is 12.4. The summed E-state index contributed by atoms with van der Waals surface area (Å²) in [7, 11) is 1.59. The third kappa shape index (κ3) is 4.00. The Morgan fingerprint density at radius 3 is 2.45 bits per heavy atom. The van der Waals surface area contributed by atoms with Crippen LogP contribution in [-0.4, -0.2) is 19.7 Å². The van der Waals surface area contributed by atoms with Gasteiger partial charge in [-0.2, -0.15) is 5.26 Å². The van der Waals surface area contributed by atoms with Crippen LogP contribution in [0.25, 0.3) is 0 Å². The Labute approximate surface area is 129 Å². The molecule has 0 radical (unpaired) electrons. The highest BCUT2D eigenvalue weighted by Crippen LogP contribution is 2.18. The lowest BCUT2D eigenvalue weighted by atomic mass is 10.2. The molecule has 0 heterocycles. The van der Waals surface area contributed by atoms with Gasteiger partial charge in [0.15, 0.2) is 0 Å². The Balaban J connectivity index is 2.13. The van der Waals surface area contributed by atoms with Gasteiger partial charge in [0.1, 0.15) is 5.75 Å². The molecular formula is C17H17N3O2. The maximum Gasteiger partial charge on any atom is 0.326 e. The number of nitrogens with one attached hydrogen (secondary N) is 1. The summed E-state index contributed by atoms with van der Waals surface area (Å²) in [5, 5.41) is 11.6. The van der Waals surface area contributed by atoms with E-state index in [0.717, 1.165) is 11.4 Å². The second-order valence-corrected chi connectivity index (χ2v) is 4.55. The molecule has 112 valence electrons. The molecule has 0 fully saturated rings. The summed E-state index contributed by atoms with van der Waals surface area (Å²) >= 11 is 0. The number of hydrogen-bond donors (Lipinski definition) is 1. The van der Waals surface area contributed by atoms with Crippen LogP contribution in [0.5, 0.6) is 5.75 Å². The van der Waals surface area contributed by atoms with Crippen molar-refractivity contribution in [2.75, 3.05) is 23.9 Å². The maximum atomic E-state index is 12.4. The minimum absolute atomic E-state index is 0.269. The molecule has 1 N–H and O–H groups in total. The summed E-state index contributed by atoms with van der Waals surface area (Å²) in [6, 6.07) is 18.2. The number of nitriles is 1. The highest BCUT2D eigenvalue weighted by atomic mass is 16.5. The molecule has 5 nitrogen and oxygen atoms in total. The fraction of sp³-hybridized carbons (Fsp3) is 0.176. The lowest BCUT2D eigenvalue weighted by Gasteiger charge is -2.22. The third-order valence-electron chi connectivity index (χ3n) is 3.10. The van der Waals surface area contributed by atoms with Crippen LogP contribution in [0.4, 0.5) is 16.2 Å². The van der Waals surface area contributed by atoms with Crippen LogP contribution in [0.1, 0.15) is 6.42 Å². The molecule has 0 spiro atoms. The van der Waals surface area contributed by atoms with Crippen LogP contribution in [0.15, 0.2) is 54.6 Å². The van der Waals surface area contributed by atoms with Gasteiger partial charge in [-0.05, 0) is 36.4 Å². The average Bonchev–Trinajstić information content (AvgIpc) is 2.57. The molecule has 0 atom stereocenters. The zero-order valence-corrected chi connectivity index (χ0v) is 12.3. The normalized spacial score (nSPS) is 9.64. The van der Waals surface area contributed by atoms with Crippen molar-refractivity contribution in [3.05, 3.63) is 54.6 Å². The number of nitrogens with zero attached hydrogens (tertiary/aromatic N) is 2. The minimum Gasteiger partial charge on any atom is -0.497 e. The van der Waals surface area contributed by atoms with E-state index in [-0.39, 0.29) is 12.5 Å². The van der Waals surface area contributed by atoms with Crippen molar-refractivity contribution in [1.82, 2.24) is 0 Å². The first-order valence-electron chi connectivity index (χ1n) is 6.89. The number of carbonyl (C=O) groups excluding carboxylic acids is 1. The quantitative estimate of drug-likeness (QED) is 0.915. The lowest BCUT2D eigenvalue weighted by Crippen LogP contribution is -2.35. The molecule has 0 aliphatic heterocycles. The van der Waals surface area contributed by atoms with Crippen molar-refractivity contribution in [2.24, 2.45) is 0 Å². The first-order chi connectivity index (χ1) is 10.7. The van der Waals surface area contributed by atoms with Crippen LogP contribution in [0, 0.1) is 11.3 Å². The predicted octanol–water partition coefficient (Wildman–Crippen LogP) is 3.65. The monoisotopic (exact) mass is 295 g/mol. The van der Waals surface area contributed by atoms with E-state index in [9.17, 15) is 4.79 Å². The molecule has 2 rings (SSSR count). The van der Waals surface area contributed by atoms with Crippen molar-refractivity contribution in [1.29, 1.82) is 5.26 Å². The second-order valence-electron chi connectivity index (χ2n) is 4.55. The Bertz CT molecular complexity index is 648. The molecule has 2 aromatic rings. The number of carbonyl (C=O) groups is 1. The number of ether oxygens (including phenoxy) is 1. The molecule has 5 heteroatoms. The van der Waals surface area contributed by atoms with Crippen molar-refractivity contribution in [2.45, 2.75) is 6.42 Å². The Morgan fingerprint density at radius 2 is 1.86 bits per heavy atom. The first kappa shape index (κ1) is 15.4. The standard InChI is InChI=1S/C17H17N3O2/c1-22-16-10-8-14(9-11-16)19-17(21)20(13-5-12-18)15-6-3-2-4-7-15/h2-4,6-11H,5,13H2,1H3,(H,19,21). The minimum atomic E-state index is -0.272. The van der Waals surface area contributed by atoms with Gasteiger partial charge in [0, 0.05) is 17.9 Å². The zero-order chi connectivity index (χ0) is 15.8. The number of para-hydroxylation sites is 1. The SMILES string of the molecule is COc1ccc(NC(=O)N(CCC#N)c2ccccc2)cc1. The van der Waals surface area contributed by atoms with E-state index in [1.165, 1.54) is 0 Å². The number of methoxy groups -OCH3 is 1. The van der Waals surface area contributed by atoms with Gasteiger partial charge in [0.2, 0.25) is 0 Å². The molecule has 22 heavy (non-hydrogen) atoms. The number of amides is 2. The number of benzene rings is 2. The summed E-state index contributed by atoms with van der Waals surface area (Å²) in [4.78, 5) is 14.0. The van der Waals surface area contributed by atoms with Gasteiger partial charge < -0.3 is 10.1 Å². The van der Waals surface area contributed by atoms with Crippen LogP contribution >= 0.6 is 0 Å². The number of urea groups is 1. The van der Waals surface area contributed by atoms with Crippen LogP contribution in [0.2, 0.25) is 0 Å². The van der Waals surface area contributed by atoms with Crippen molar-refractivity contribution < 1.29 is 9.53 Å². The predicted molar refractivity (Wildman–Crippen MR) is 86.0 cm³/mol. The van der Waals surface area contributed by atoms with E-state index >= 15 is 0 Å². The molecular weight excluding hydrogens is 278 g/mol. The number of rotatable bonds is 5. The van der Waals surface area contributed by atoms with Crippen LogP contribution in [0.3, 0.4) is 0 Å². The molecule has 0 saturated heterocycles. The highest BCUT2D eigenvalue weighted by molar-refractivity contribution is 6.01. The smallest absolute Gasteiger partial charge is 0.326 e. The fourth-order valence-electron chi connectivity index (χ4n) is 1.98. The summed E-state index contributed by atoms with van der Waals surface area (Å²) in [6.45, 7) is 0.336. The van der Waals surface area contributed by atoms with Gasteiger partial charge in [0.05, 0.1) is 19.6 Å². The van der Waals surface area contributed by atoms with Crippen molar-refractivity contribution in [3.63, 3.8) is 0 Å². The summed E-state index contributed by atoms with van der Waals surface area (Å²) in [6.07, 6.45) is 0.269.